The number of ether oxygens (including phenoxy) is 2. The highest BCUT2D eigenvalue weighted by atomic mass is 16.5. The molecule has 23 heavy (non-hydrogen) atoms. The topological polar surface area (TPSA) is 39.5 Å². The van der Waals surface area contributed by atoms with Crippen molar-refractivity contribution in [3.63, 3.8) is 0 Å². The molecule has 2 fully saturated rings. The molecule has 1 atom stereocenters. The number of hydrogen-bond donors (Lipinski definition) is 0. The highest BCUT2D eigenvalue weighted by molar-refractivity contribution is 5.05. The normalized spacial score (nSPS) is 26.3. The molecule has 1 aromatic heterocycles. The van der Waals surface area contributed by atoms with Gasteiger partial charge in [0, 0.05) is 52.3 Å². The average molecular weight is 319 g/mol. The minimum absolute atomic E-state index is 0.466. The van der Waals surface area contributed by atoms with Gasteiger partial charge in [-0.1, -0.05) is 0 Å². The fraction of sp³-hybridized carbons (Fsp3) is 0.833. The molecule has 128 valence electrons. The molecule has 0 N–H and O–H groups in total. The monoisotopic (exact) mass is 319 g/mol. The van der Waals surface area contributed by atoms with Gasteiger partial charge in [-0.3, -0.25) is 9.58 Å². The standard InChI is InChI=1S/C18H29N3O2/c1-2-16(1)14-23-10-6-18-13-20(11-15-4-8-22-9-5-15)12-17-3-7-19-21(17)18/h3,7,15-16,18H,1-2,4-6,8-14H2/t18-/m1/s1. The van der Waals surface area contributed by atoms with E-state index in [2.05, 4.69) is 20.7 Å². The Labute approximate surface area is 138 Å². The number of hydrogen-bond acceptors (Lipinski definition) is 4. The van der Waals surface area contributed by atoms with E-state index in [1.165, 1.54) is 37.9 Å². The van der Waals surface area contributed by atoms with Crippen LogP contribution in [0.5, 0.6) is 0 Å². The van der Waals surface area contributed by atoms with E-state index in [0.29, 0.717) is 6.04 Å². The predicted octanol–water partition coefficient (Wildman–Crippen LogP) is 2.48. The van der Waals surface area contributed by atoms with Gasteiger partial charge in [0.2, 0.25) is 0 Å². The first-order valence-electron chi connectivity index (χ1n) is 9.28. The fourth-order valence-electron chi connectivity index (χ4n) is 3.87. The van der Waals surface area contributed by atoms with Gasteiger partial charge in [0.15, 0.2) is 0 Å². The van der Waals surface area contributed by atoms with Crippen LogP contribution < -0.4 is 0 Å². The van der Waals surface area contributed by atoms with E-state index in [4.69, 9.17) is 9.47 Å². The van der Waals surface area contributed by atoms with Crippen molar-refractivity contribution in [2.75, 3.05) is 39.5 Å². The Morgan fingerprint density at radius 3 is 2.87 bits per heavy atom. The zero-order valence-electron chi connectivity index (χ0n) is 14.0. The molecule has 0 amide bonds. The van der Waals surface area contributed by atoms with E-state index in [-0.39, 0.29) is 0 Å². The highest BCUT2D eigenvalue weighted by Gasteiger charge is 2.28. The second-order valence-corrected chi connectivity index (χ2v) is 7.48. The zero-order chi connectivity index (χ0) is 15.5. The van der Waals surface area contributed by atoms with Gasteiger partial charge >= 0.3 is 0 Å². The number of rotatable bonds is 7. The predicted molar refractivity (Wildman–Crippen MR) is 88.2 cm³/mol. The van der Waals surface area contributed by atoms with Gasteiger partial charge in [-0.25, -0.2) is 0 Å². The molecular formula is C18H29N3O2. The lowest BCUT2D eigenvalue weighted by Gasteiger charge is -2.36. The van der Waals surface area contributed by atoms with Crippen molar-refractivity contribution >= 4 is 0 Å². The summed E-state index contributed by atoms with van der Waals surface area (Å²) in [5.41, 5.74) is 1.36. The van der Waals surface area contributed by atoms with Gasteiger partial charge in [0.1, 0.15) is 0 Å². The molecule has 1 saturated carbocycles. The summed E-state index contributed by atoms with van der Waals surface area (Å²) >= 11 is 0. The van der Waals surface area contributed by atoms with E-state index >= 15 is 0 Å². The van der Waals surface area contributed by atoms with E-state index in [1.807, 2.05) is 6.20 Å². The van der Waals surface area contributed by atoms with Crippen LogP contribution >= 0.6 is 0 Å². The highest BCUT2D eigenvalue weighted by Crippen LogP contribution is 2.29. The van der Waals surface area contributed by atoms with E-state index in [0.717, 1.165) is 57.8 Å². The summed E-state index contributed by atoms with van der Waals surface area (Å²) in [5.74, 6) is 1.65. The van der Waals surface area contributed by atoms with Gasteiger partial charge in [0.05, 0.1) is 11.7 Å². The molecule has 0 unspecified atom stereocenters. The lowest BCUT2D eigenvalue weighted by Crippen LogP contribution is -2.41. The molecule has 0 bridgehead atoms. The Morgan fingerprint density at radius 1 is 1.17 bits per heavy atom. The van der Waals surface area contributed by atoms with Crippen LogP contribution in [0.15, 0.2) is 12.3 Å². The van der Waals surface area contributed by atoms with Crippen molar-refractivity contribution in [3.8, 4) is 0 Å². The third-order valence-electron chi connectivity index (χ3n) is 5.46. The van der Waals surface area contributed by atoms with Gasteiger partial charge in [-0.05, 0) is 50.0 Å². The molecule has 3 aliphatic rings. The first-order valence-corrected chi connectivity index (χ1v) is 9.28. The maximum atomic E-state index is 5.86. The second kappa shape index (κ2) is 7.32. The maximum absolute atomic E-state index is 5.86. The van der Waals surface area contributed by atoms with Crippen molar-refractivity contribution in [3.05, 3.63) is 18.0 Å². The first kappa shape index (κ1) is 15.6. The molecule has 0 radical (unpaired) electrons. The molecule has 1 aromatic rings. The Balaban J connectivity index is 1.31. The van der Waals surface area contributed by atoms with Gasteiger partial charge in [-0.15, -0.1) is 0 Å². The van der Waals surface area contributed by atoms with Gasteiger partial charge in [-0.2, -0.15) is 5.10 Å². The molecular weight excluding hydrogens is 290 g/mol. The van der Waals surface area contributed by atoms with Crippen molar-refractivity contribution < 1.29 is 9.47 Å². The summed E-state index contributed by atoms with van der Waals surface area (Å²) in [6.07, 6.45) is 8.18. The van der Waals surface area contributed by atoms with Crippen molar-refractivity contribution in [1.82, 2.24) is 14.7 Å². The molecule has 5 heteroatoms. The summed E-state index contributed by atoms with van der Waals surface area (Å²) in [6, 6.07) is 2.64. The summed E-state index contributed by atoms with van der Waals surface area (Å²) in [5, 5.41) is 4.56. The number of fused-ring (bicyclic) bond motifs is 1. The van der Waals surface area contributed by atoms with Gasteiger partial charge < -0.3 is 9.47 Å². The van der Waals surface area contributed by atoms with Crippen LogP contribution in [0.2, 0.25) is 0 Å². The summed E-state index contributed by atoms with van der Waals surface area (Å²) in [7, 11) is 0. The van der Waals surface area contributed by atoms with Crippen LogP contribution in [-0.2, 0) is 16.0 Å². The average Bonchev–Trinajstić information content (AvgIpc) is 3.28. The molecule has 4 rings (SSSR count). The van der Waals surface area contributed by atoms with E-state index in [9.17, 15) is 0 Å². The molecule has 1 saturated heterocycles. The summed E-state index contributed by atoms with van der Waals surface area (Å²) in [6.45, 7) is 7.06. The minimum Gasteiger partial charge on any atom is -0.381 e. The third kappa shape index (κ3) is 4.14. The number of aromatic nitrogens is 2. The van der Waals surface area contributed by atoms with Crippen LogP contribution in [0, 0.1) is 11.8 Å². The largest absolute Gasteiger partial charge is 0.381 e. The Kier molecular flexibility index (Phi) is 4.97. The van der Waals surface area contributed by atoms with Crippen LogP contribution in [-0.4, -0.2) is 54.2 Å². The lowest BCUT2D eigenvalue weighted by molar-refractivity contribution is 0.0410. The molecule has 3 heterocycles. The van der Waals surface area contributed by atoms with Crippen molar-refractivity contribution in [1.29, 1.82) is 0 Å². The first-order chi connectivity index (χ1) is 11.4. The van der Waals surface area contributed by atoms with Crippen LogP contribution in [0.1, 0.15) is 43.8 Å². The third-order valence-corrected chi connectivity index (χ3v) is 5.46. The number of nitrogens with zero attached hydrogens (tertiary/aromatic N) is 3. The minimum atomic E-state index is 0.466. The second-order valence-electron chi connectivity index (χ2n) is 7.48. The van der Waals surface area contributed by atoms with Crippen LogP contribution in [0.3, 0.4) is 0 Å². The van der Waals surface area contributed by atoms with Gasteiger partial charge in [0.25, 0.3) is 0 Å². The van der Waals surface area contributed by atoms with Crippen LogP contribution in [0.25, 0.3) is 0 Å². The molecule has 0 aromatic carbocycles. The Morgan fingerprint density at radius 2 is 2.04 bits per heavy atom. The van der Waals surface area contributed by atoms with Crippen molar-refractivity contribution in [2.24, 2.45) is 11.8 Å². The smallest absolute Gasteiger partial charge is 0.0671 e. The zero-order valence-corrected chi connectivity index (χ0v) is 14.0. The SMILES string of the molecule is c1cc2n(n1)[C@H](CCOCC1CC1)CN(CC1CCOCC1)C2. The quantitative estimate of drug-likeness (QED) is 0.724. The summed E-state index contributed by atoms with van der Waals surface area (Å²) < 4.78 is 13.6. The fourth-order valence-corrected chi connectivity index (χ4v) is 3.87. The van der Waals surface area contributed by atoms with Crippen LogP contribution in [0.4, 0.5) is 0 Å². The molecule has 5 nitrogen and oxygen atoms in total. The summed E-state index contributed by atoms with van der Waals surface area (Å²) in [4.78, 5) is 2.62. The molecule has 2 aliphatic heterocycles. The Hall–Kier alpha value is -0.910. The maximum Gasteiger partial charge on any atom is 0.0671 e. The van der Waals surface area contributed by atoms with E-state index < -0.39 is 0 Å². The van der Waals surface area contributed by atoms with E-state index in [1.54, 1.807) is 0 Å². The molecule has 0 spiro atoms. The molecule has 1 aliphatic carbocycles. The lowest BCUT2D eigenvalue weighted by atomic mass is 9.98. The van der Waals surface area contributed by atoms with Crippen molar-refractivity contribution in [2.45, 2.75) is 44.7 Å². The Bertz CT molecular complexity index is 494.